The van der Waals surface area contributed by atoms with Gasteiger partial charge < -0.3 is 5.32 Å². The van der Waals surface area contributed by atoms with E-state index in [1.54, 1.807) is 0 Å². The molecule has 0 aromatic heterocycles. The van der Waals surface area contributed by atoms with Crippen LogP contribution in [0.5, 0.6) is 0 Å². The van der Waals surface area contributed by atoms with Crippen LogP contribution in [0.25, 0.3) is 0 Å². The molecule has 100 valence electrons. The molecule has 1 aromatic carbocycles. The summed E-state index contributed by atoms with van der Waals surface area (Å²) in [6, 6.07) is 9.44. The third-order valence-corrected chi connectivity index (χ3v) is 3.90. The van der Waals surface area contributed by atoms with Gasteiger partial charge in [-0.05, 0) is 50.9 Å². The largest absolute Gasteiger partial charge is 0.313 e. The van der Waals surface area contributed by atoms with Gasteiger partial charge in [0.2, 0.25) is 0 Å². The fourth-order valence-electron chi connectivity index (χ4n) is 2.48. The van der Waals surface area contributed by atoms with Crippen molar-refractivity contribution in [3.05, 3.63) is 34.9 Å². The zero-order valence-electron chi connectivity index (χ0n) is 11.3. The topological polar surface area (TPSA) is 15.3 Å². The maximum Gasteiger partial charge on any atom is 0.0406 e. The molecule has 0 saturated carbocycles. The second-order valence-corrected chi connectivity index (χ2v) is 5.88. The lowest BCUT2D eigenvalue weighted by Crippen LogP contribution is -2.40. The van der Waals surface area contributed by atoms with Crippen LogP contribution in [0, 0.1) is 0 Å². The Morgan fingerprint density at radius 2 is 2.06 bits per heavy atom. The molecule has 1 saturated heterocycles. The Labute approximate surface area is 115 Å². The van der Waals surface area contributed by atoms with Crippen molar-refractivity contribution in [2.75, 3.05) is 13.1 Å². The van der Waals surface area contributed by atoms with E-state index >= 15 is 0 Å². The molecule has 0 spiro atoms. The summed E-state index contributed by atoms with van der Waals surface area (Å²) >= 11 is 5.92. The van der Waals surface area contributed by atoms with Gasteiger partial charge in [-0.1, -0.05) is 23.7 Å². The third kappa shape index (κ3) is 3.98. The highest BCUT2D eigenvalue weighted by Crippen LogP contribution is 2.15. The van der Waals surface area contributed by atoms with Gasteiger partial charge in [0.15, 0.2) is 0 Å². The van der Waals surface area contributed by atoms with E-state index in [1.807, 2.05) is 12.1 Å². The van der Waals surface area contributed by atoms with E-state index in [0.29, 0.717) is 12.1 Å². The van der Waals surface area contributed by atoms with Gasteiger partial charge in [-0.3, -0.25) is 4.90 Å². The van der Waals surface area contributed by atoms with Crippen molar-refractivity contribution in [1.82, 2.24) is 10.2 Å². The minimum Gasteiger partial charge on any atom is -0.313 e. The van der Waals surface area contributed by atoms with Gasteiger partial charge >= 0.3 is 0 Å². The van der Waals surface area contributed by atoms with Crippen molar-refractivity contribution in [1.29, 1.82) is 0 Å². The van der Waals surface area contributed by atoms with Crippen LogP contribution in [0.4, 0.5) is 0 Å². The second kappa shape index (κ2) is 6.55. The van der Waals surface area contributed by atoms with Gasteiger partial charge in [-0.15, -0.1) is 0 Å². The fourth-order valence-corrected chi connectivity index (χ4v) is 2.60. The Morgan fingerprint density at radius 3 is 2.61 bits per heavy atom. The van der Waals surface area contributed by atoms with Crippen LogP contribution in [0.1, 0.15) is 32.3 Å². The highest BCUT2D eigenvalue weighted by atomic mass is 35.5. The van der Waals surface area contributed by atoms with Crippen LogP contribution in [-0.4, -0.2) is 30.1 Å². The van der Waals surface area contributed by atoms with Crippen molar-refractivity contribution in [2.45, 2.75) is 45.3 Å². The molecule has 2 nitrogen and oxygen atoms in total. The molecule has 1 N–H and O–H groups in total. The normalized spacial score (nSPS) is 19.9. The highest BCUT2D eigenvalue weighted by molar-refractivity contribution is 6.30. The minimum absolute atomic E-state index is 0.572. The van der Waals surface area contributed by atoms with Gasteiger partial charge in [-0.25, -0.2) is 0 Å². The number of nitrogens with one attached hydrogen (secondary N) is 1. The molecule has 1 fully saturated rings. The van der Waals surface area contributed by atoms with E-state index in [-0.39, 0.29) is 0 Å². The van der Waals surface area contributed by atoms with Crippen LogP contribution < -0.4 is 5.32 Å². The molecule has 1 aliphatic heterocycles. The van der Waals surface area contributed by atoms with Gasteiger partial charge in [0.1, 0.15) is 0 Å². The summed E-state index contributed by atoms with van der Waals surface area (Å²) in [6.07, 6.45) is 2.63. The van der Waals surface area contributed by atoms with Gasteiger partial charge in [0.25, 0.3) is 0 Å². The van der Waals surface area contributed by atoms with Gasteiger partial charge in [-0.2, -0.15) is 0 Å². The predicted molar refractivity (Wildman–Crippen MR) is 78.0 cm³/mol. The lowest BCUT2D eigenvalue weighted by atomic mass is 10.1. The number of rotatable bonds is 5. The molecule has 1 aromatic rings. The number of hydrogen-bond donors (Lipinski definition) is 1. The lowest BCUT2D eigenvalue weighted by molar-refractivity contribution is 0.194. The Hall–Kier alpha value is -0.570. The van der Waals surface area contributed by atoms with E-state index in [2.05, 4.69) is 36.2 Å². The molecular weight excluding hydrogens is 244 g/mol. The van der Waals surface area contributed by atoms with Crippen LogP contribution in [0.2, 0.25) is 5.02 Å². The van der Waals surface area contributed by atoms with E-state index in [9.17, 15) is 0 Å². The molecule has 1 heterocycles. The van der Waals surface area contributed by atoms with Crippen molar-refractivity contribution < 1.29 is 0 Å². The molecular formula is C15H23ClN2. The summed E-state index contributed by atoms with van der Waals surface area (Å²) in [5.41, 5.74) is 1.34. The first-order chi connectivity index (χ1) is 8.65. The van der Waals surface area contributed by atoms with E-state index in [0.717, 1.165) is 18.1 Å². The van der Waals surface area contributed by atoms with E-state index in [4.69, 9.17) is 11.6 Å². The number of halogens is 1. The monoisotopic (exact) mass is 266 g/mol. The average molecular weight is 267 g/mol. The minimum atomic E-state index is 0.572. The first kappa shape index (κ1) is 13.9. The summed E-state index contributed by atoms with van der Waals surface area (Å²) < 4.78 is 0. The van der Waals surface area contributed by atoms with Crippen LogP contribution >= 0.6 is 11.6 Å². The summed E-state index contributed by atoms with van der Waals surface area (Å²) in [6.45, 7) is 7.86. The molecule has 2 rings (SSSR count). The number of nitrogens with zero attached hydrogens (tertiary/aromatic N) is 1. The average Bonchev–Trinajstić information content (AvgIpc) is 2.84. The molecule has 0 radical (unpaired) electrons. The molecule has 0 amide bonds. The first-order valence-corrected chi connectivity index (χ1v) is 7.25. The molecule has 3 heteroatoms. The van der Waals surface area contributed by atoms with Crippen LogP contribution in [-0.2, 0) is 6.54 Å². The van der Waals surface area contributed by atoms with Crippen molar-refractivity contribution in [3.8, 4) is 0 Å². The molecule has 18 heavy (non-hydrogen) atoms. The third-order valence-electron chi connectivity index (χ3n) is 3.65. The van der Waals surface area contributed by atoms with Crippen molar-refractivity contribution >= 4 is 11.6 Å². The number of benzene rings is 1. The quantitative estimate of drug-likeness (QED) is 0.880. The Morgan fingerprint density at radius 1 is 1.33 bits per heavy atom. The maximum absolute atomic E-state index is 5.92. The molecule has 1 atom stereocenters. The predicted octanol–water partition coefficient (Wildman–Crippen LogP) is 3.30. The van der Waals surface area contributed by atoms with Crippen LogP contribution in [0.15, 0.2) is 24.3 Å². The standard InChI is InChI=1S/C15H23ClN2/c1-12(2)18(11-15-4-3-9-17-15)10-13-5-7-14(16)8-6-13/h5-8,12,15,17H,3-4,9-11H2,1-2H3. The Balaban J connectivity index is 1.94. The summed E-state index contributed by atoms with van der Waals surface area (Å²) in [7, 11) is 0. The smallest absolute Gasteiger partial charge is 0.0406 e. The molecule has 1 aliphatic rings. The van der Waals surface area contributed by atoms with E-state index in [1.165, 1.54) is 24.9 Å². The lowest BCUT2D eigenvalue weighted by Gasteiger charge is -2.29. The summed E-state index contributed by atoms with van der Waals surface area (Å²) in [4.78, 5) is 2.53. The zero-order chi connectivity index (χ0) is 13.0. The second-order valence-electron chi connectivity index (χ2n) is 5.44. The Kier molecular flexibility index (Phi) is 5.04. The maximum atomic E-state index is 5.92. The molecule has 0 bridgehead atoms. The van der Waals surface area contributed by atoms with Crippen molar-refractivity contribution in [3.63, 3.8) is 0 Å². The SMILES string of the molecule is CC(C)N(Cc1ccc(Cl)cc1)CC1CCCN1. The highest BCUT2D eigenvalue weighted by Gasteiger charge is 2.19. The van der Waals surface area contributed by atoms with Gasteiger partial charge in [0, 0.05) is 30.2 Å². The zero-order valence-corrected chi connectivity index (χ0v) is 12.1. The summed E-state index contributed by atoms with van der Waals surface area (Å²) in [5, 5.41) is 4.39. The van der Waals surface area contributed by atoms with E-state index < -0.39 is 0 Å². The first-order valence-electron chi connectivity index (χ1n) is 6.87. The van der Waals surface area contributed by atoms with Crippen LogP contribution in [0.3, 0.4) is 0 Å². The van der Waals surface area contributed by atoms with Gasteiger partial charge in [0.05, 0.1) is 0 Å². The Bertz CT molecular complexity index is 355. The van der Waals surface area contributed by atoms with Crippen molar-refractivity contribution in [2.24, 2.45) is 0 Å². The fraction of sp³-hybridized carbons (Fsp3) is 0.600. The molecule has 0 aliphatic carbocycles. The number of hydrogen-bond acceptors (Lipinski definition) is 2. The summed E-state index contributed by atoms with van der Waals surface area (Å²) in [5.74, 6) is 0. The molecule has 1 unspecified atom stereocenters.